The summed E-state index contributed by atoms with van der Waals surface area (Å²) in [6, 6.07) is 26.6. The molecule has 0 fully saturated rings. The predicted molar refractivity (Wildman–Crippen MR) is 127 cm³/mol. The molecule has 0 radical (unpaired) electrons. The molecule has 3 aromatic carbocycles. The van der Waals surface area contributed by atoms with E-state index in [1.165, 1.54) is 51.8 Å². The lowest BCUT2D eigenvalue weighted by atomic mass is 9.63. The van der Waals surface area contributed by atoms with Gasteiger partial charge < -0.3 is 0 Å². The van der Waals surface area contributed by atoms with Gasteiger partial charge in [0.1, 0.15) is 0 Å². The Morgan fingerprint density at radius 1 is 0.690 bits per heavy atom. The van der Waals surface area contributed by atoms with Gasteiger partial charge >= 0.3 is 0 Å². The van der Waals surface area contributed by atoms with E-state index in [1.807, 2.05) is 0 Å². The van der Waals surface area contributed by atoms with E-state index in [0.717, 1.165) is 0 Å². The normalized spacial score (nSPS) is 17.6. The van der Waals surface area contributed by atoms with Gasteiger partial charge in [0.15, 0.2) is 0 Å². The summed E-state index contributed by atoms with van der Waals surface area (Å²) in [5, 5.41) is 0. The first-order chi connectivity index (χ1) is 13.8. The molecule has 0 heterocycles. The predicted octanol–water partition coefficient (Wildman–Crippen LogP) is 8.26. The Hall–Kier alpha value is -2.60. The van der Waals surface area contributed by atoms with Crippen molar-refractivity contribution in [3.63, 3.8) is 0 Å². The summed E-state index contributed by atoms with van der Waals surface area (Å²) in [7, 11) is 0. The molecule has 1 aliphatic rings. The molecule has 0 saturated carbocycles. The monoisotopic (exact) mass is 380 g/mol. The van der Waals surface area contributed by atoms with Crippen LogP contribution in [-0.4, -0.2) is 0 Å². The SMILES string of the molecule is CC(=Cc1ccc(-c2ccccc2)cc1)c1ccc2c(c1)C(C)(C)CCC2(C)C. The number of fused-ring (bicyclic) bond motifs is 1. The first kappa shape index (κ1) is 19.7. The molecule has 0 unspecified atom stereocenters. The molecule has 148 valence electrons. The van der Waals surface area contributed by atoms with Crippen molar-refractivity contribution in [1.82, 2.24) is 0 Å². The van der Waals surface area contributed by atoms with Gasteiger partial charge in [0.2, 0.25) is 0 Å². The van der Waals surface area contributed by atoms with Crippen LogP contribution in [0.5, 0.6) is 0 Å². The Morgan fingerprint density at radius 3 is 1.93 bits per heavy atom. The van der Waals surface area contributed by atoms with Crippen molar-refractivity contribution in [2.24, 2.45) is 0 Å². The first-order valence-electron chi connectivity index (χ1n) is 10.8. The fourth-order valence-corrected chi connectivity index (χ4v) is 4.57. The smallest absolute Gasteiger partial charge is 0.0100 e. The highest BCUT2D eigenvalue weighted by molar-refractivity contribution is 5.81. The van der Waals surface area contributed by atoms with Gasteiger partial charge in [-0.15, -0.1) is 0 Å². The Kier molecular flexibility index (Phi) is 4.99. The van der Waals surface area contributed by atoms with Crippen molar-refractivity contribution in [1.29, 1.82) is 0 Å². The molecule has 4 rings (SSSR count). The molecule has 0 spiro atoms. The number of benzene rings is 3. The van der Waals surface area contributed by atoms with Gasteiger partial charge in [-0.3, -0.25) is 0 Å². The maximum absolute atomic E-state index is 2.44. The molecule has 0 bridgehead atoms. The standard InChI is InChI=1S/C29H32/c1-21(19-22-11-13-24(14-12-22)23-9-7-6-8-10-23)25-15-16-26-27(20-25)29(4,5)18-17-28(26,2)3/h6-16,19-20H,17-18H2,1-5H3. The zero-order valence-corrected chi connectivity index (χ0v) is 18.4. The van der Waals surface area contributed by atoms with Gasteiger partial charge in [-0.25, -0.2) is 0 Å². The van der Waals surface area contributed by atoms with E-state index in [0.29, 0.717) is 0 Å². The van der Waals surface area contributed by atoms with E-state index in [1.54, 1.807) is 0 Å². The van der Waals surface area contributed by atoms with Crippen LogP contribution in [0.25, 0.3) is 22.8 Å². The van der Waals surface area contributed by atoms with Crippen molar-refractivity contribution in [3.05, 3.63) is 95.1 Å². The lowest BCUT2D eigenvalue weighted by Gasteiger charge is -2.42. The number of allylic oxidation sites excluding steroid dienone is 1. The number of hydrogen-bond donors (Lipinski definition) is 0. The molecule has 3 aromatic rings. The highest BCUT2D eigenvalue weighted by Crippen LogP contribution is 2.46. The second-order valence-corrected chi connectivity index (χ2v) is 9.84. The third-order valence-corrected chi connectivity index (χ3v) is 6.71. The highest BCUT2D eigenvalue weighted by atomic mass is 14.4. The molecule has 0 atom stereocenters. The van der Waals surface area contributed by atoms with E-state index in [4.69, 9.17) is 0 Å². The summed E-state index contributed by atoms with van der Waals surface area (Å²) in [5.74, 6) is 0. The molecule has 0 saturated heterocycles. The van der Waals surface area contributed by atoms with Gasteiger partial charge in [0.05, 0.1) is 0 Å². The van der Waals surface area contributed by atoms with Gasteiger partial charge in [-0.1, -0.05) is 107 Å². The molecule has 0 nitrogen and oxygen atoms in total. The molecular formula is C29H32. The van der Waals surface area contributed by atoms with E-state index in [-0.39, 0.29) is 10.8 Å². The van der Waals surface area contributed by atoms with Crippen molar-refractivity contribution >= 4 is 11.6 Å². The summed E-state index contributed by atoms with van der Waals surface area (Å²) < 4.78 is 0. The van der Waals surface area contributed by atoms with Crippen LogP contribution in [0, 0.1) is 0 Å². The molecule has 0 amide bonds. The van der Waals surface area contributed by atoms with Crippen molar-refractivity contribution in [2.75, 3.05) is 0 Å². The maximum Gasteiger partial charge on any atom is -0.0100 e. The second-order valence-electron chi connectivity index (χ2n) is 9.84. The first-order valence-corrected chi connectivity index (χ1v) is 10.8. The van der Waals surface area contributed by atoms with Crippen LogP contribution < -0.4 is 0 Å². The minimum Gasteiger partial charge on any atom is -0.0622 e. The zero-order chi connectivity index (χ0) is 20.6. The van der Waals surface area contributed by atoms with Crippen molar-refractivity contribution in [2.45, 2.75) is 58.3 Å². The van der Waals surface area contributed by atoms with E-state index in [9.17, 15) is 0 Å². The average molecular weight is 381 g/mol. The summed E-state index contributed by atoms with van der Waals surface area (Å²) in [4.78, 5) is 0. The zero-order valence-electron chi connectivity index (χ0n) is 18.4. The molecule has 0 heteroatoms. The molecule has 0 aliphatic heterocycles. The fraction of sp³-hybridized carbons (Fsp3) is 0.310. The lowest BCUT2D eigenvalue weighted by Crippen LogP contribution is -2.33. The minimum absolute atomic E-state index is 0.248. The Labute approximate surface area is 176 Å². The van der Waals surface area contributed by atoms with Gasteiger partial charge in [0, 0.05) is 0 Å². The van der Waals surface area contributed by atoms with E-state index in [2.05, 4.69) is 113 Å². The molecule has 29 heavy (non-hydrogen) atoms. The van der Waals surface area contributed by atoms with Crippen LogP contribution in [0.4, 0.5) is 0 Å². The quantitative estimate of drug-likeness (QED) is 0.401. The largest absolute Gasteiger partial charge is 0.0622 e. The summed E-state index contributed by atoms with van der Waals surface area (Å²) in [5.41, 5.74) is 10.0. The summed E-state index contributed by atoms with van der Waals surface area (Å²) in [6.07, 6.45) is 4.81. The summed E-state index contributed by atoms with van der Waals surface area (Å²) in [6.45, 7) is 11.8. The average Bonchev–Trinajstić information content (AvgIpc) is 2.72. The van der Waals surface area contributed by atoms with Crippen LogP contribution in [0.1, 0.15) is 69.7 Å². The van der Waals surface area contributed by atoms with E-state index < -0.39 is 0 Å². The van der Waals surface area contributed by atoms with Crippen molar-refractivity contribution in [3.8, 4) is 11.1 Å². The maximum atomic E-state index is 2.44. The van der Waals surface area contributed by atoms with Crippen LogP contribution in [0.15, 0.2) is 72.8 Å². The van der Waals surface area contributed by atoms with Gasteiger partial charge in [-0.2, -0.15) is 0 Å². The number of hydrogen-bond acceptors (Lipinski definition) is 0. The van der Waals surface area contributed by atoms with Crippen LogP contribution >= 0.6 is 0 Å². The topological polar surface area (TPSA) is 0 Å². The van der Waals surface area contributed by atoms with Gasteiger partial charge in [0.25, 0.3) is 0 Å². The molecular weight excluding hydrogens is 348 g/mol. The van der Waals surface area contributed by atoms with E-state index >= 15 is 0 Å². The molecule has 0 aromatic heterocycles. The van der Waals surface area contributed by atoms with Crippen molar-refractivity contribution < 1.29 is 0 Å². The van der Waals surface area contributed by atoms with Crippen LogP contribution in [0.3, 0.4) is 0 Å². The Morgan fingerprint density at radius 2 is 1.28 bits per heavy atom. The fourth-order valence-electron chi connectivity index (χ4n) is 4.57. The van der Waals surface area contributed by atoms with Crippen LogP contribution in [-0.2, 0) is 10.8 Å². The number of rotatable bonds is 3. The molecule has 0 N–H and O–H groups in total. The highest BCUT2D eigenvalue weighted by Gasteiger charge is 2.36. The molecule has 1 aliphatic carbocycles. The van der Waals surface area contributed by atoms with Crippen LogP contribution in [0.2, 0.25) is 0 Å². The third kappa shape index (κ3) is 3.94. The Bertz CT molecular complexity index is 1030. The Balaban J connectivity index is 1.65. The second kappa shape index (κ2) is 7.34. The lowest BCUT2D eigenvalue weighted by molar-refractivity contribution is 0.332. The summed E-state index contributed by atoms with van der Waals surface area (Å²) >= 11 is 0. The van der Waals surface area contributed by atoms with Gasteiger partial charge in [-0.05, 0) is 69.5 Å². The third-order valence-electron chi connectivity index (χ3n) is 6.71. The minimum atomic E-state index is 0.248.